The van der Waals surface area contributed by atoms with Crippen molar-refractivity contribution in [3.05, 3.63) is 34.1 Å². The van der Waals surface area contributed by atoms with E-state index < -0.39 is 4.92 Å². The van der Waals surface area contributed by atoms with Gasteiger partial charge >= 0.3 is 0 Å². The molecule has 0 bridgehead atoms. The fourth-order valence-electron chi connectivity index (χ4n) is 1.62. The van der Waals surface area contributed by atoms with Crippen LogP contribution in [0.5, 0.6) is 0 Å². The Hall–Kier alpha value is -2.48. The highest BCUT2D eigenvalue weighted by Crippen LogP contribution is 2.28. The Morgan fingerprint density at radius 3 is 3.00 bits per heavy atom. The molecular weight excluding hydrogens is 264 g/mol. The number of nitro groups is 1. The van der Waals surface area contributed by atoms with Crippen molar-refractivity contribution < 1.29 is 14.2 Å². The molecule has 2 N–H and O–H groups in total. The van der Waals surface area contributed by atoms with Gasteiger partial charge in [-0.15, -0.1) is 0 Å². The molecule has 0 radical (unpaired) electrons. The number of aromatic nitrogens is 2. The molecule has 0 amide bonds. The van der Waals surface area contributed by atoms with Crippen LogP contribution in [0, 0.1) is 10.1 Å². The Kier molecular flexibility index (Phi) is 4.26. The van der Waals surface area contributed by atoms with Crippen molar-refractivity contribution in [2.24, 2.45) is 0 Å². The van der Waals surface area contributed by atoms with Gasteiger partial charge in [-0.05, 0) is 13.0 Å². The van der Waals surface area contributed by atoms with Gasteiger partial charge in [-0.2, -0.15) is 4.98 Å². The lowest BCUT2D eigenvalue weighted by molar-refractivity contribution is -0.384. The van der Waals surface area contributed by atoms with Crippen LogP contribution in [-0.2, 0) is 11.2 Å². The Labute approximate surface area is 114 Å². The van der Waals surface area contributed by atoms with Crippen LogP contribution in [0.2, 0.25) is 0 Å². The summed E-state index contributed by atoms with van der Waals surface area (Å²) in [5.41, 5.74) is 6.40. The smallest absolute Gasteiger partial charge is 0.270 e. The molecule has 0 saturated carbocycles. The summed E-state index contributed by atoms with van der Waals surface area (Å²) in [6.45, 7) is 2.99. The molecule has 0 spiro atoms. The van der Waals surface area contributed by atoms with Gasteiger partial charge in [0, 0.05) is 30.8 Å². The first-order chi connectivity index (χ1) is 9.61. The van der Waals surface area contributed by atoms with Crippen molar-refractivity contribution in [1.82, 2.24) is 10.1 Å². The number of anilines is 1. The molecule has 1 aromatic heterocycles. The van der Waals surface area contributed by atoms with E-state index in [-0.39, 0.29) is 11.6 Å². The van der Waals surface area contributed by atoms with E-state index in [1.54, 1.807) is 0 Å². The molecule has 0 fully saturated rings. The third-order valence-electron chi connectivity index (χ3n) is 2.62. The quantitative estimate of drug-likeness (QED) is 0.370. The van der Waals surface area contributed by atoms with Crippen molar-refractivity contribution in [1.29, 1.82) is 0 Å². The maximum atomic E-state index is 10.8. The summed E-state index contributed by atoms with van der Waals surface area (Å²) < 4.78 is 10.3. The number of hydrogen-bond acceptors (Lipinski definition) is 7. The second-order valence-corrected chi connectivity index (χ2v) is 3.99. The van der Waals surface area contributed by atoms with E-state index in [9.17, 15) is 10.1 Å². The van der Waals surface area contributed by atoms with Crippen molar-refractivity contribution in [2.75, 3.05) is 18.9 Å². The number of rotatable bonds is 6. The zero-order chi connectivity index (χ0) is 14.5. The molecule has 0 saturated heterocycles. The predicted molar refractivity (Wildman–Crippen MR) is 71.0 cm³/mol. The van der Waals surface area contributed by atoms with Crippen molar-refractivity contribution in [3.8, 4) is 11.5 Å². The lowest BCUT2D eigenvalue weighted by Gasteiger charge is -1.99. The minimum absolute atomic E-state index is 0.0803. The van der Waals surface area contributed by atoms with Crippen LogP contribution in [0.4, 0.5) is 11.4 Å². The Morgan fingerprint density at radius 1 is 1.50 bits per heavy atom. The van der Waals surface area contributed by atoms with E-state index in [0.29, 0.717) is 36.7 Å². The van der Waals surface area contributed by atoms with Gasteiger partial charge in [0.2, 0.25) is 0 Å². The average Bonchev–Trinajstić information content (AvgIpc) is 2.88. The monoisotopic (exact) mass is 278 g/mol. The maximum absolute atomic E-state index is 10.8. The molecule has 20 heavy (non-hydrogen) atoms. The third kappa shape index (κ3) is 3.09. The summed E-state index contributed by atoms with van der Waals surface area (Å²) >= 11 is 0. The highest BCUT2D eigenvalue weighted by molar-refractivity contribution is 5.73. The van der Waals surface area contributed by atoms with Crippen LogP contribution in [0.3, 0.4) is 0 Å². The van der Waals surface area contributed by atoms with Crippen LogP contribution in [0.1, 0.15) is 12.7 Å². The van der Waals surface area contributed by atoms with Crippen molar-refractivity contribution in [3.63, 3.8) is 0 Å². The third-order valence-corrected chi connectivity index (χ3v) is 2.62. The Morgan fingerprint density at radius 2 is 2.30 bits per heavy atom. The van der Waals surface area contributed by atoms with Crippen molar-refractivity contribution >= 4 is 11.4 Å². The first kappa shape index (κ1) is 13.9. The van der Waals surface area contributed by atoms with E-state index in [4.69, 9.17) is 15.0 Å². The molecule has 8 nitrogen and oxygen atoms in total. The zero-order valence-electron chi connectivity index (χ0n) is 10.9. The van der Waals surface area contributed by atoms with Crippen LogP contribution in [0.15, 0.2) is 22.7 Å². The number of nitro benzene ring substituents is 1. The second-order valence-electron chi connectivity index (χ2n) is 3.99. The van der Waals surface area contributed by atoms with Crippen LogP contribution >= 0.6 is 0 Å². The number of non-ortho nitro benzene ring substituents is 1. The highest BCUT2D eigenvalue weighted by atomic mass is 16.6. The lowest BCUT2D eigenvalue weighted by atomic mass is 10.1. The molecule has 2 rings (SSSR count). The van der Waals surface area contributed by atoms with E-state index >= 15 is 0 Å². The van der Waals surface area contributed by atoms with Crippen molar-refractivity contribution in [2.45, 2.75) is 13.3 Å². The first-order valence-electron chi connectivity index (χ1n) is 6.06. The maximum Gasteiger partial charge on any atom is 0.270 e. The normalized spacial score (nSPS) is 10.7. The topological polar surface area (TPSA) is 117 Å². The van der Waals surface area contributed by atoms with Gasteiger partial charge in [0.05, 0.1) is 17.1 Å². The van der Waals surface area contributed by atoms with Gasteiger partial charge in [0.25, 0.3) is 11.6 Å². The zero-order valence-corrected chi connectivity index (χ0v) is 10.9. The molecule has 106 valence electrons. The van der Waals surface area contributed by atoms with E-state index in [2.05, 4.69) is 10.1 Å². The number of benzene rings is 1. The number of ether oxygens (including phenoxy) is 1. The number of hydrogen-bond donors (Lipinski definition) is 1. The fourth-order valence-corrected chi connectivity index (χ4v) is 1.62. The molecule has 0 aliphatic heterocycles. The largest absolute Gasteiger partial charge is 0.398 e. The first-order valence-corrected chi connectivity index (χ1v) is 6.06. The van der Waals surface area contributed by atoms with Gasteiger partial charge in [-0.1, -0.05) is 5.16 Å². The number of nitrogen functional groups attached to an aromatic ring is 1. The molecular formula is C12H14N4O4. The summed E-state index contributed by atoms with van der Waals surface area (Å²) in [5.74, 6) is 0.636. The summed E-state index contributed by atoms with van der Waals surface area (Å²) in [6, 6.07) is 4.08. The molecule has 2 aromatic rings. The number of nitrogens with two attached hydrogens (primary N) is 1. The van der Waals surface area contributed by atoms with E-state index in [1.807, 2.05) is 6.92 Å². The van der Waals surface area contributed by atoms with Crippen LogP contribution < -0.4 is 5.73 Å². The minimum Gasteiger partial charge on any atom is -0.398 e. The molecule has 1 aromatic carbocycles. The van der Waals surface area contributed by atoms with E-state index in [0.717, 1.165) is 0 Å². The second kappa shape index (κ2) is 6.11. The SMILES string of the molecule is CCOCCc1noc(-c2cc([N+](=O)[O-])ccc2N)n1. The van der Waals surface area contributed by atoms with Gasteiger partial charge < -0.3 is 15.0 Å². The molecule has 0 aliphatic rings. The minimum atomic E-state index is -0.505. The van der Waals surface area contributed by atoms with Crippen LogP contribution in [-0.4, -0.2) is 28.3 Å². The molecule has 0 atom stereocenters. The summed E-state index contributed by atoms with van der Waals surface area (Å²) in [7, 11) is 0. The Balaban J connectivity index is 2.23. The highest BCUT2D eigenvalue weighted by Gasteiger charge is 2.16. The summed E-state index contributed by atoms with van der Waals surface area (Å²) in [4.78, 5) is 14.4. The van der Waals surface area contributed by atoms with Crippen LogP contribution in [0.25, 0.3) is 11.5 Å². The van der Waals surface area contributed by atoms with Gasteiger partial charge in [-0.3, -0.25) is 10.1 Å². The number of nitrogens with zero attached hydrogens (tertiary/aromatic N) is 3. The molecule has 8 heteroatoms. The molecule has 0 unspecified atom stereocenters. The predicted octanol–water partition coefficient (Wildman–Crippen LogP) is 1.81. The molecule has 0 aliphatic carbocycles. The molecule has 1 heterocycles. The lowest BCUT2D eigenvalue weighted by Crippen LogP contribution is -1.99. The van der Waals surface area contributed by atoms with Gasteiger partial charge in [-0.25, -0.2) is 0 Å². The standard InChI is InChI=1S/C12H14N4O4/c1-2-19-6-5-11-14-12(20-15-11)9-7-8(16(17)18)3-4-10(9)13/h3-4,7H,2,5-6,13H2,1H3. The van der Waals surface area contributed by atoms with Gasteiger partial charge in [0.15, 0.2) is 5.82 Å². The summed E-state index contributed by atoms with van der Waals surface area (Å²) in [6.07, 6.45) is 0.506. The Bertz CT molecular complexity index is 611. The summed E-state index contributed by atoms with van der Waals surface area (Å²) in [5, 5.41) is 14.5. The average molecular weight is 278 g/mol. The fraction of sp³-hybridized carbons (Fsp3) is 0.333. The van der Waals surface area contributed by atoms with E-state index in [1.165, 1.54) is 18.2 Å². The van der Waals surface area contributed by atoms with Gasteiger partial charge in [0.1, 0.15) is 0 Å².